The Kier molecular flexibility index (Phi) is 3.29. The Morgan fingerprint density at radius 3 is 2.53 bits per heavy atom. The Morgan fingerprint density at radius 1 is 1.37 bits per heavy atom. The Bertz CT molecular complexity index is 461. The van der Waals surface area contributed by atoms with Crippen molar-refractivity contribution in [3.05, 3.63) is 12.7 Å². The predicted octanol–water partition coefficient (Wildman–Crippen LogP) is 2.75. The quantitative estimate of drug-likeness (QED) is 0.819. The van der Waals surface area contributed by atoms with Crippen LogP contribution in [0.1, 0.15) is 32.1 Å². The van der Waals surface area contributed by atoms with Gasteiger partial charge in [0.05, 0.1) is 11.4 Å². The minimum atomic E-state index is -0.977. The second-order valence-electron chi connectivity index (χ2n) is 5.79. The maximum atomic E-state index is 10.9. The second-order valence-corrected chi connectivity index (χ2v) is 8.06. The summed E-state index contributed by atoms with van der Waals surface area (Å²) in [6.07, 6.45) is 6.88. The summed E-state index contributed by atoms with van der Waals surface area (Å²) in [7, 11) is 0. The van der Waals surface area contributed by atoms with Gasteiger partial charge < -0.3 is 5.11 Å². The monoisotopic (exact) mass is 323 g/mol. The molecule has 2 aliphatic carbocycles. The maximum Gasteiger partial charge on any atom is 0.137 e. The first-order valence-corrected chi connectivity index (χ1v) is 7.60. The Hall–Kier alpha value is -0.0300. The van der Waals surface area contributed by atoms with E-state index in [1.807, 2.05) is 0 Å². The molecule has 1 unspecified atom stereocenters. The van der Waals surface area contributed by atoms with Crippen LogP contribution in [0.25, 0.3) is 0 Å². The number of hydrogen-bond donors (Lipinski definition) is 1. The summed E-state index contributed by atoms with van der Waals surface area (Å²) in [6.45, 7) is 0.362. The topological polar surface area (TPSA) is 50.9 Å². The van der Waals surface area contributed by atoms with Crippen molar-refractivity contribution in [2.24, 2.45) is 5.92 Å². The molecule has 19 heavy (non-hydrogen) atoms. The SMILES string of the molecule is OC(CC[C@@H]1CC1(Cl)Cl)(Cn1cncn1)C1(Cl)CC1. The smallest absolute Gasteiger partial charge is 0.137 e. The van der Waals surface area contributed by atoms with Gasteiger partial charge in [-0.05, 0) is 38.0 Å². The largest absolute Gasteiger partial charge is 0.386 e. The summed E-state index contributed by atoms with van der Waals surface area (Å²) in [6, 6.07) is 0. The molecule has 0 spiro atoms. The van der Waals surface area contributed by atoms with Crippen LogP contribution >= 0.6 is 34.8 Å². The van der Waals surface area contributed by atoms with E-state index in [1.165, 1.54) is 6.33 Å². The molecule has 106 valence electrons. The van der Waals surface area contributed by atoms with E-state index in [0.717, 1.165) is 25.7 Å². The van der Waals surface area contributed by atoms with Crippen LogP contribution in [0.4, 0.5) is 0 Å². The summed E-state index contributed by atoms with van der Waals surface area (Å²) < 4.78 is 1.03. The maximum absolute atomic E-state index is 10.9. The Labute approximate surface area is 127 Å². The van der Waals surface area contributed by atoms with Gasteiger partial charge in [0, 0.05) is 0 Å². The molecule has 2 atom stereocenters. The standard InChI is InChI=1S/C12H16Cl3N3O/c13-10(3-4-10)11(19,6-18-8-16-7-17-18)2-1-9-5-12(9,14)15/h7-9,19H,1-6H2/t9-,11?/m1/s1. The van der Waals surface area contributed by atoms with Gasteiger partial charge in [0.15, 0.2) is 0 Å². The van der Waals surface area contributed by atoms with Crippen LogP contribution in [0.5, 0.6) is 0 Å². The molecule has 1 heterocycles. The predicted molar refractivity (Wildman–Crippen MR) is 74.6 cm³/mol. The lowest BCUT2D eigenvalue weighted by Gasteiger charge is -2.33. The molecule has 7 heteroatoms. The van der Waals surface area contributed by atoms with Crippen molar-refractivity contribution in [2.75, 3.05) is 0 Å². The molecular formula is C12H16Cl3N3O. The van der Waals surface area contributed by atoms with Crippen LogP contribution < -0.4 is 0 Å². The van der Waals surface area contributed by atoms with Crippen molar-refractivity contribution in [2.45, 2.75) is 53.5 Å². The fourth-order valence-electron chi connectivity index (χ4n) is 2.60. The third-order valence-electron chi connectivity index (χ3n) is 4.28. The van der Waals surface area contributed by atoms with Gasteiger partial charge in [0.1, 0.15) is 22.6 Å². The zero-order valence-electron chi connectivity index (χ0n) is 10.4. The van der Waals surface area contributed by atoms with E-state index in [2.05, 4.69) is 10.1 Å². The molecule has 2 aliphatic rings. The molecule has 0 radical (unpaired) electrons. The summed E-state index contributed by atoms with van der Waals surface area (Å²) in [5.74, 6) is 0.261. The van der Waals surface area contributed by atoms with Crippen LogP contribution in [0, 0.1) is 5.92 Å². The fraction of sp³-hybridized carbons (Fsp3) is 0.833. The number of nitrogens with zero attached hydrogens (tertiary/aromatic N) is 3. The molecule has 2 saturated carbocycles. The number of halogens is 3. The lowest BCUT2D eigenvalue weighted by Crippen LogP contribution is -2.45. The zero-order valence-corrected chi connectivity index (χ0v) is 12.7. The normalized spacial score (nSPS) is 29.8. The zero-order chi connectivity index (χ0) is 13.7. The Balaban J connectivity index is 1.67. The van der Waals surface area contributed by atoms with E-state index in [4.69, 9.17) is 34.8 Å². The van der Waals surface area contributed by atoms with Gasteiger partial charge >= 0.3 is 0 Å². The summed E-state index contributed by atoms with van der Waals surface area (Å²) in [4.78, 5) is 3.36. The summed E-state index contributed by atoms with van der Waals surface area (Å²) >= 11 is 18.5. The molecule has 0 saturated heterocycles. The van der Waals surface area contributed by atoms with Crippen molar-refractivity contribution in [1.29, 1.82) is 0 Å². The van der Waals surface area contributed by atoms with Crippen molar-refractivity contribution >= 4 is 34.8 Å². The highest BCUT2D eigenvalue weighted by atomic mass is 35.5. The first-order chi connectivity index (χ1) is 8.85. The van der Waals surface area contributed by atoms with E-state index in [0.29, 0.717) is 13.0 Å². The van der Waals surface area contributed by atoms with Crippen LogP contribution in [0.3, 0.4) is 0 Å². The van der Waals surface area contributed by atoms with Crippen LogP contribution in [0.15, 0.2) is 12.7 Å². The number of alkyl halides is 3. The fourth-order valence-corrected chi connectivity index (χ4v) is 3.44. The number of aliphatic hydroxyl groups is 1. The lowest BCUT2D eigenvalue weighted by atomic mass is 9.90. The molecule has 1 N–H and O–H groups in total. The molecule has 0 aromatic carbocycles. The Morgan fingerprint density at radius 2 is 2.05 bits per heavy atom. The highest BCUT2D eigenvalue weighted by Crippen LogP contribution is 2.58. The van der Waals surface area contributed by atoms with Crippen molar-refractivity contribution < 1.29 is 5.11 Å². The number of aromatic nitrogens is 3. The van der Waals surface area contributed by atoms with Gasteiger partial charge in [-0.25, -0.2) is 4.98 Å². The van der Waals surface area contributed by atoms with E-state index in [9.17, 15) is 5.11 Å². The molecule has 1 aromatic rings. The van der Waals surface area contributed by atoms with Gasteiger partial charge in [0.2, 0.25) is 0 Å². The molecule has 0 aliphatic heterocycles. The summed E-state index contributed by atoms with van der Waals surface area (Å²) in [5.41, 5.74) is -0.977. The average molecular weight is 325 g/mol. The minimum Gasteiger partial charge on any atom is -0.386 e. The van der Waals surface area contributed by atoms with Gasteiger partial charge in [-0.3, -0.25) is 4.68 Å². The molecular weight excluding hydrogens is 309 g/mol. The van der Waals surface area contributed by atoms with Gasteiger partial charge in [-0.2, -0.15) is 5.10 Å². The molecule has 1 aromatic heterocycles. The number of rotatable bonds is 6. The highest BCUT2D eigenvalue weighted by molar-refractivity contribution is 6.50. The summed E-state index contributed by atoms with van der Waals surface area (Å²) in [5, 5.41) is 15.0. The molecule has 0 amide bonds. The van der Waals surface area contributed by atoms with Crippen LogP contribution in [-0.4, -0.2) is 34.7 Å². The third-order valence-corrected chi connectivity index (χ3v) is 5.93. The first kappa shape index (κ1) is 13.9. The van der Waals surface area contributed by atoms with Crippen LogP contribution in [-0.2, 0) is 6.54 Å². The molecule has 4 nitrogen and oxygen atoms in total. The average Bonchev–Trinajstić information content (AvgIpc) is 3.14. The van der Waals surface area contributed by atoms with Crippen molar-refractivity contribution in [1.82, 2.24) is 14.8 Å². The van der Waals surface area contributed by atoms with Gasteiger partial charge in [-0.1, -0.05) is 0 Å². The molecule has 0 bridgehead atoms. The molecule has 3 rings (SSSR count). The van der Waals surface area contributed by atoms with E-state index < -0.39 is 14.8 Å². The second kappa shape index (κ2) is 4.48. The van der Waals surface area contributed by atoms with Crippen molar-refractivity contribution in [3.8, 4) is 0 Å². The molecule has 2 fully saturated rings. The van der Waals surface area contributed by atoms with Gasteiger partial charge in [0.25, 0.3) is 0 Å². The lowest BCUT2D eigenvalue weighted by molar-refractivity contribution is -0.00374. The van der Waals surface area contributed by atoms with E-state index >= 15 is 0 Å². The van der Waals surface area contributed by atoms with Gasteiger partial charge in [-0.15, -0.1) is 34.8 Å². The third kappa shape index (κ3) is 2.73. The van der Waals surface area contributed by atoms with Crippen LogP contribution in [0.2, 0.25) is 0 Å². The van der Waals surface area contributed by atoms with Crippen molar-refractivity contribution in [3.63, 3.8) is 0 Å². The van der Waals surface area contributed by atoms with E-state index in [-0.39, 0.29) is 5.92 Å². The first-order valence-electron chi connectivity index (χ1n) is 6.46. The van der Waals surface area contributed by atoms with E-state index in [1.54, 1.807) is 11.0 Å². The highest BCUT2D eigenvalue weighted by Gasteiger charge is 2.59. The minimum absolute atomic E-state index is 0.261. The number of hydrogen-bond acceptors (Lipinski definition) is 3.